The van der Waals surface area contributed by atoms with E-state index in [0.29, 0.717) is 17.6 Å². The van der Waals surface area contributed by atoms with Crippen LogP contribution < -0.4 is 0 Å². The molecular weight excluding hydrogens is 334 g/mol. The molecule has 0 aliphatic carbocycles. The summed E-state index contributed by atoms with van der Waals surface area (Å²) in [5, 5.41) is 9.40. The van der Waals surface area contributed by atoms with E-state index >= 15 is 0 Å². The molecule has 1 aliphatic heterocycles. The van der Waals surface area contributed by atoms with E-state index in [1.165, 1.54) is 18.2 Å². The van der Waals surface area contributed by atoms with Crippen LogP contribution in [0.4, 0.5) is 0 Å². The van der Waals surface area contributed by atoms with Gasteiger partial charge in [0.15, 0.2) is 11.0 Å². The van der Waals surface area contributed by atoms with E-state index in [1.54, 1.807) is 12.4 Å². The van der Waals surface area contributed by atoms with Gasteiger partial charge < -0.3 is 9.47 Å². The van der Waals surface area contributed by atoms with E-state index in [9.17, 15) is 4.79 Å². The quantitative estimate of drug-likeness (QED) is 0.768. The van der Waals surface area contributed by atoms with Gasteiger partial charge >= 0.3 is 0 Å². The van der Waals surface area contributed by atoms with Gasteiger partial charge in [-0.3, -0.25) is 9.78 Å². The predicted molar refractivity (Wildman–Crippen MR) is 99.2 cm³/mol. The molecule has 2 unspecified atom stereocenters. The zero-order chi connectivity index (χ0) is 17.8. The highest BCUT2D eigenvalue weighted by molar-refractivity contribution is 7.99. The van der Waals surface area contributed by atoms with Crippen LogP contribution in [-0.2, 0) is 11.3 Å². The van der Waals surface area contributed by atoms with Gasteiger partial charge in [-0.2, -0.15) is 0 Å². The van der Waals surface area contributed by atoms with Gasteiger partial charge in [-0.15, -0.1) is 10.2 Å². The van der Waals surface area contributed by atoms with E-state index in [2.05, 4.69) is 40.5 Å². The molecule has 0 bridgehead atoms. The Morgan fingerprint density at radius 3 is 2.52 bits per heavy atom. The molecule has 0 radical (unpaired) electrons. The Bertz CT molecular complexity index is 708. The highest BCUT2D eigenvalue weighted by Gasteiger charge is 2.25. The minimum absolute atomic E-state index is 0.194. The van der Waals surface area contributed by atoms with Gasteiger partial charge in [0, 0.05) is 37.6 Å². The minimum Gasteiger partial charge on any atom is -0.341 e. The zero-order valence-electron chi connectivity index (χ0n) is 15.1. The second-order valence-corrected chi connectivity index (χ2v) is 7.76. The van der Waals surface area contributed by atoms with Crippen LogP contribution in [0, 0.1) is 11.8 Å². The fraction of sp³-hybridized carbons (Fsp3) is 0.556. The van der Waals surface area contributed by atoms with Crippen molar-refractivity contribution < 1.29 is 4.79 Å². The molecule has 6 nitrogen and oxygen atoms in total. The molecule has 1 amide bonds. The Morgan fingerprint density at radius 1 is 1.20 bits per heavy atom. The number of hydrogen-bond acceptors (Lipinski definition) is 5. The molecular formula is C18H25N5OS. The summed E-state index contributed by atoms with van der Waals surface area (Å²) in [5.41, 5.74) is 0.987. The first-order valence-electron chi connectivity index (χ1n) is 8.82. The van der Waals surface area contributed by atoms with Crippen LogP contribution in [0.2, 0.25) is 0 Å². The maximum atomic E-state index is 12.6. The van der Waals surface area contributed by atoms with Crippen LogP contribution in [-0.4, -0.2) is 49.4 Å². The van der Waals surface area contributed by atoms with Gasteiger partial charge in [0.1, 0.15) is 0 Å². The van der Waals surface area contributed by atoms with E-state index in [0.717, 1.165) is 36.2 Å². The zero-order valence-corrected chi connectivity index (χ0v) is 15.9. The number of nitrogens with zero attached hydrogens (tertiary/aromatic N) is 5. The number of likely N-dealkylation sites (tertiary alicyclic amines) is 1. The first-order valence-corrected chi connectivity index (χ1v) is 9.81. The highest BCUT2D eigenvalue weighted by atomic mass is 32.2. The molecule has 25 heavy (non-hydrogen) atoms. The van der Waals surface area contributed by atoms with Gasteiger partial charge in [-0.25, -0.2) is 0 Å². The smallest absolute Gasteiger partial charge is 0.233 e. The number of piperidine rings is 1. The summed E-state index contributed by atoms with van der Waals surface area (Å²) in [6, 6.07) is 3.85. The molecule has 1 fully saturated rings. The SMILES string of the molecule is CCn1c(SCC(=O)N2CC(C)CC(C)C2)nnc1-c1ccncc1. The monoisotopic (exact) mass is 359 g/mol. The fourth-order valence-electron chi connectivity index (χ4n) is 3.48. The number of thioether (sulfide) groups is 1. The number of hydrogen-bond donors (Lipinski definition) is 0. The third kappa shape index (κ3) is 4.21. The predicted octanol–water partition coefficient (Wildman–Crippen LogP) is 2.96. The highest BCUT2D eigenvalue weighted by Crippen LogP contribution is 2.25. The molecule has 3 heterocycles. The number of aromatic nitrogens is 4. The maximum absolute atomic E-state index is 12.6. The number of pyridine rings is 1. The lowest BCUT2D eigenvalue weighted by Gasteiger charge is -2.34. The summed E-state index contributed by atoms with van der Waals surface area (Å²) in [4.78, 5) is 18.6. The van der Waals surface area contributed by atoms with Gasteiger partial charge in [0.05, 0.1) is 5.75 Å². The lowest BCUT2D eigenvalue weighted by molar-refractivity contribution is -0.130. The molecule has 7 heteroatoms. The van der Waals surface area contributed by atoms with Crippen LogP contribution in [0.1, 0.15) is 27.2 Å². The first-order chi connectivity index (χ1) is 12.1. The normalized spacial score (nSPS) is 20.7. The van der Waals surface area contributed by atoms with Gasteiger partial charge in [-0.1, -0.05) is 25.6 Å². The molecule has 2 atom stereocenters. The molecule has 2 aromatic heterocycles. The lowest BCUT2D eigenvalue weighted by Crippen LogP contribution is -2.43. The van der Waals surface area contributed by atoms with Crippen molar-refractivity contribution in [3.63, 3.8) is 0 Å². The Balaban J connectivity index is 1.67. The van der Waals surface area contributed by atoms with Crippen molar-refractivity contribution in [1.82, 2.24) is 24.6 Å². The van der Waals surface area contributed by atoms with Gasteiger partial charge in [-0.05, 0) is 37.3 Å². The summed E-state index contributed by atoms with van der Waals surface area (Å²) in [5.74, 6) is 2.58. The molecule has 1 aliphatic rings. The molecule has 0 N–H and O–H groups in total. The van der Waals surface area contributed by atoms with Crippen molar-refractivity contribution in [2.45, 2.75) is 38.9 Å². The largest absolute Gasteiger partial charge is 0.341 e. The summed E-state index contributed by atoms with van der Waals surface area (Å²) >= 11 is 1.47. The van der Waals surface area contributed by atoms with Crippen LogP contribution in [0.5, 0.6) is 0 Å². The molecule has 0 saturated carbocycles. The Labute approximate surface area is 153 Å². The second kappa shape index (κ2) is 7.99. The van der Waals surface area contributed by atoms with Gasteiger partial charge in [0.2, 0.25) is 5.91 Å². The summed E-state index contributed by atoms with van der Waals surface area (Å²) in [7, 11) is 0. The van der Waals surface area contributed by atoms with Crippen molar-refractivity contribution in [3.8, 4) is 11.4 Å². The second-order valence-electron chi connectivity index (χ2n) is 6.82. The standard InChI is InChI=1S/C18H25N5OS/c1-4-23-17(15-5-7-19-8-6-15)20-21-18(23)25-12-16(24)22-10-13(2)9-14(3)11-22/h5-8,13-14H,4,9-12H2,1-3H3. The van der Waals surface area contributed by atoms with E-state index < -0.39 is 0 Å². The lowest BCUT2D eigenvalue weighted by atomic mass is 9.92. The summed E-state index contributed by atoms with van der Waals surface area (Å²) in [6.07, 6.45) is 4.70. The third-order valence-electron chi connectivity index (χ3n) is 4.52. The summed E-state index contributed by atoms with van der Waals surface area (Å²) < 4.78 is 2.05. The average Bonchev–Trinajstić information content (AvgIpc) is 3.02. The van der Waals surface area contributed by atoms with E-state index in [-0.39, 0.29) is 5.91 Å². The van der Waals surface area contributed by atoms with Crippen LogP contribution in [0.15, 0.2) is 29.7 Å². The number of carbonyl (C=O) groups is 1. The van der Waals surface area contributed by atoms with Crippen molar-refractivity contribution >= 4 is 17.7 Å². The van der Waals surface area contributed by atoms with Crippen molar-refractivity contribution in [2.75, 3.05) is 18.8 Å². The Morgan fingerprint density at radius 2 is 1.88 bits per heavy atom. The van der Waals surface area contributed by atoms with E-state index in [1.807, 2.05) is 17.0 Å². The number of amides is 1. The van der Waals surface area contributed by atoms with Crippen LogP contribution >= 0.6 is 11.8 Å². The molecule has 0 spiro atoms. The molecule has 1 saturated heterocycles. The number of rotatable bonds is 5. The van der Waals surface area contributed by atoms with Crippen LogP contribution in [0.25, 0.3) is 11.4 Å². The van der Waals surface area contributed by atoms with Crippen molar-refractivity contribution in [1.29, 1.82) is 0 Å². The van der Waals surface area contributed by atoms with Crippen molar-refractivity contribution in [2.24, 2.45) is 11.8 Å². The number of carbonyl (C=O) groups excluding carboxylic acids is 1. The third-order valence-corrected chi connectivity index (χ3v) is 5.47. The minimum atomic E-state index is 0.194. The van der Waals surface area contributed by atoms with Gasteiger partial charge in [0.25, 0.3) is 0 Å². The average molecular weight is 359 g/mol. The molecule has 2 aromatic rings. The topological polar surface area (TPSA) is 63.9 Å². The maximum Gasteiger partial charge on any atom is 0.233 e. The molecule has 0 aromatic carbocycles. The Kier molecular flexibility index (Phi) is 5.73. The Hall–Kier alpha value is -1.89. The van der Waals surface area contributed by atoms with E-state index in [4.69, 9.17) is 0 Å². The summed E-state index contributed by atoms with van der Waals surface area (Å²) in [6.45, 7) is 9.00. The van der Waals surface area contributed by atoms with Crippen LogP contribution in [0.3, 0.4) is 0 Å². The first kappa shape index (κ1) is 17.9. The van der Waals surface area contributed by atoms with Crippen molar-refractivity contribution in [3.05, 3.63) is 24.5 Å². The molecule has 3 rings (SSSR count). The fourth-order valence-corrected chi connectivity index (χ4v) is 4.38. The molecule has 134 valence electrons.